The third-order valence-corrected chi connectivity index (χ3v) is 5.59. The highest BCUT2D eigenvalue weighted by Crippen LogP contribution is 2.36. The van der Waals surface area contributed by atoms with Crippen LogP contribution in [0.4, 0.5) is 5.69 Å². The quantitative estimate of drug-likeness (QED) is 0.445. The van der Waals surface area contributed by atoms with E-state index in [2.05, 4.69) is 5.32 Å². The Balaban J connectivity index is 1.51. The van der Waals surface area contributed by atoms with Crippen LogP contribution in [0.25, 0.3) is 32.7 Å². The number of anilines is 1. The summed E-state index contributed by atoms with van der Waals surface area (Å²) in [5, 5.41) is 6.19. The molecular formula is C25H20N2O4. The molecule has 2 heterocycles. The minimum absolute atomic E-state index is 0.208. The van der Waals surface area contributed by atoms with E-state index in [1.165, 1.54) is 4.57 Å². The lowest BCUT2D eigenvalue weighted by Gasteiger charge is -2.17. The Labute approximate surface area is 177 Å². The van der Waals surface area contributed by atoms with Crippen molar-refractivity contribution >= 4 is 44.3 Å². The first-order chi connectivity index (χ1) is 15.1. The van der Waals surface area contributed by atoms with Crippen LogP contribution in [0.1, 0.15) is 13.0 Å². The van der Waals surface area contributed by atoms with Crippen molar-refractivity contribution in [3.05, 3.63) is 83.3 Å². The molecule has 6 nitrogen and oxygen atoms in total. The number of carbonyl (C=O) groups is 1. The van der Waals surface area contributed by atoms with Crippen LogP contribution in [0.5, 0.6) is 5.75 Å². The number of hydrogen-bond donors (Lipinski definition) is 1. The predicted molar refractivity (Wildman–Crippen MR) is 122 cm³/mol. The van der Waals surface area contributed by atoms with E-state index in [0.717, 1.165) is 21.7 Å². The highest BCUT2D eigenvalue weighted by Gasteiger charge is 2.20. The SMILES string of the molecule is COc1cc2c(cc1NC(=O)[C@H](C)n1ccc3ccccc3c1=O)oc1ccccc12. The van der Waals surface area contributed by atoms with Crippen molar-refractivity contribution in [2.75, 3.05) is 12.4 Å². The average molecular weight is 412 g/mol. The zero-order chi connectivity index (χ0) is 21.5. The van der Waals surface area contributed by atoms with Gasteiger partial charge in [-0.25, -0.2) is 0 Å². The Morgan fingerprint density at radius 3 is 2.52 bits per heavy atom. The molecule has 0 radical (unpaired) electrons. The Kier molecular flexibility index (Phi) is 4.47. The van der Waals surface area contributed by atoms with Gasteiger partial charge >= 0.3 is 0 Å². The second-order valence-corrected chi connectivity index (χ2v) is 7.43. The van der Waals surface area contributed by atoms with Gasteiger partial charge in [-0.2, -0.15) is 0 Å². The van der Waals surface area contributed by atoms with Gasteiger partial charge in [0, 0.05) is 28.4 Å². The summed E-state index contributed by atoms with van der Waals surface area (Å²) >= 11 is 0. The molecule has 3 aromatic carbocycles. The Morgan fingerprint density at radius 1 is 0.968 bits per heavy atom. The van der Waals surface area contributed by atoms with E-state index in [9.17, 15) is 9.59 Å². The summed E-state index contributed by atoms with van der Waals surface area (Å²) in [5.41, 5.74) is 1.69. The van der Waals surface area contributed by atoms with Crippen molar-refractivity contribution in [3.63, 3.8) is 0 Å². The van der Waals surface area contributed by atoms with Crippen LogP contribution in [0.2, 0.25) is 0 Å². The fourth-order valence-corrected chi connectivity index (χ4v) is 3.89. The molecule has 1 amide bonds. The number of hydrogen-bond acceptors (Lipinski definition) is 4. The van der Waals surface area contributed by atoms with E-state index in [-0.39, 0.29) is 11.5 Å². The van der Waals surface area contributed by atoms with Crippen LogP contribution in [0.3, 0.4) is 0 Å². The maximum atomic E-state index is 13.0. The monoisotopic (exact) mass is 412 g/mol. The van der Waals surface area contributed by atoms with Crippen molar-refractivity contribution < 1.29 is 13.9 Å². The summed E-state index contributed by atoms with van der Waals surface area (Å²) in [6.07, 6.45) is 1.65. The molecule has 154 valence electrons. The maximum Gasteiger partial charge on any atom is 0.259 e. The molecule has 0 bridgehead atoms. The zero-order valence-corrected chi connectivity index (χ0v) is 17.1. The van der Waals surface area contributed by atoms with Gasteiger partial charge in [-0.1, -0.05) is 36.4 Å². The molecule has 0 aliphatic rings. The standard InChI is InChI=1S/C25H20N2O4/c1-15(27-12-11-16-7-3-4-8-17(16)25(27)29)24(28)26-20-14-22-19(13-23(20)30-2)18-9-5-6-10-21(18)31-22/h3-15H,1-2H3,(H,26,28)/t15-/m0/s1. The van der Waals surface area contributed by atoms with Gasteiger partial charge in [-0.15, -0.1) is 0 Å². The van der Waals surface area contributed by atoms with Crippen LogP contribution >= 0.6 is 0 Å². The van der Waals surface area contributed by atoms with E-state index in [1.54, 1.807) is 32.4 Å². The summed E-state index contributed by atoms with van der Waals surface area (Å²) in [6, 6.07) is 19.8. The molecule has 0 spiro atoms. The predicted octanol–water partition coefficient (Wildman–Crippen LogP) is 5.11. The minimum Gasteiger partial charge on any atom is -0.495 e. The van der Waals surface area contributed by atoms with Gasteiger partial charge in [0.25, 0.3) is 5.56 Å². The Bertz CT molecular complexity index is 1510. The number of ether oxygens (including phenoxy) is 1. The molecule has 31 heavy (non-hydrogen) atoms. The average Bonchev–Trinajstić information content (AvgIpc) is 3.15. The molecular weight excluding hydrogens is 392 g/mol. The Hall–Kier alpha value is -4.06. The van der Waals surface area contributed by atoms with Gasteiger partial charge in [-0.3, -0.25) is 9.59 Å². The highest BCUT2D eigenvalue weighted by atomic mass is 16.5. The number of benzene rings is 3. The molecule has 2 aromatic heterocycles. The molecule has 5 rings (SSSR count). The van der Waals surface area contributed by atoms with Gasteiger partial charge in [-0.05, 0) is 36.6 Å². The molecule has 1 atom stereocenters. The van der Waals surface area contributed by atoms with Gasteiger partial charge in [0.1, 0.15) is 23.0 Å². The molecule has 0 saturated carbocycles. The number of amides is 1. The van der Waals surface area contributed by atoms with Crippen LogP contribution < -0.4 is 15.6 Å². The molecule has 6 heteroatoms. The van der Waals surface area contributed by atoms with Gasteiger partial charge in [0.2, 0.25) is 5.91 Å². The highest BCUT2D eigenvalue weighted by molar-refractivity contribution is 6.08. The van der Waals surface area contributed by atoms with Gasteiger partial charge in [0.15, 0.2) is 0 Å². The number of para-hydroxylation sites is 1. The van der Waals surface area contributed by atoms with Crippen molar-refractivity contribution in [2.45, 2.75) is 13.0 Å². The molecule has 0 aliphatic carbocycles. The lowest BCUT2D eigenvalue weighted by Crippen LogP contribution is -2.31. The number of aromatic nitrogens is 1. The van der Waals surface area contributed by atoms with Crippen molar-refractivity contribution in [2.24, 2.45) is 0 Å². The molecule has 0 fully saturated rings. The van der Waals surface area contributed by atoms with E-state index >= 15 is 0 Å². The normalized spacial score (nSPS) is 12.3. The Morgan fingerprint density at radius 2 is 1.71 bits per heavy atom. The van der Waals surface area contributed by atoms with Gasteiger partial charge in [0.05, 0.1) is 12.8 Å². The van der Waals surface area contributed by atoms with Crippen molar-refractivity contribution in [1.82, 2.24) is 4.57 Å². The number of fused-ring (bicyclic) bond motifs is 4. The number of carbonyl (C=O) groups excluding carboxylic acids is 1. The van der Waals surface area contributed by atoms with E-state index < -0.39 is 6.04 Å². The topological polar surface area (TPSA) is 73.5 Å². The summed E-state index contributed by atoms with van der Waals surface area (Å²) in [6.45, 7) is 1.69. The number of pyridine rings is 1. The lowest BCUT2D eigenvalue weighted by molar-refractivity contribution is -0.118. The maximum absolute atomic E-state index is 13.0. The molecule has 0 unspecified atom stereocenters. The van der Waals surface area contributed by atoms with Crippen molar-refractivity contribution in [3.8, 4) is 5.75 Å². The van der Waals surface area contributed by atoms with Crippen LogP contribution in [0, 0.1) is 0 Å². The number of nitrogens with one attached hydrogen (secondary N) is 1. The third kappa shape index (κ3) is 3.13. The summed E-state index contributed by atoms with van der Waals surface area (Å²) in [7, 11) is 1.55. The zero-order valence-electron chi connectivity index (χ0n) is 17.1. The number of methoxy groups -OCH3 is 1. The molecule has 0 saturated heterocycles. The minimum atomic E-state index is -0.715. The summed E-state index contributed by atoms with van der Waals surface area (Å²) in [5.74, 6) is 0.191. The smallest absolute Gasteiger partial charge is 0.259 e. The first kappa shape index (κ1) is 18.9. The second kappa shape index (κ2) is 7.32. The number of furan rings is 1. The van der Waals surface area contributed by atoms with Gasteiger partial charge < -0.3 is 19.0 Å². The van der Waals surface area contributed by atoms with E-state index in [0.29, 0.717) is 22.4 Å². The number of rotatable bonds is 4. The van der Waals surface area contributed by atoms with Crippen LogP contribution in [-0.2, 0) is 4.79 Å². The molecule has 5 aromatic rings. The second-order valence-electron chi connectivity index (χ2n) is 7.43. The van der Waals surface area contributed by atoms with E-state index in [4.69, 9.17) is 9.15 Å². The van der Waals surface area contributed by atoms with Crippen LogP contribution in [0.15, 0.2) is 82.1 Å². The third-order valence-electron chi connectivity index (χ3n) is 5.59. The largest absolute Gasteiger partial charge is 0.495 e. The van der Waals surface area contributed by atoms with E-state index in [1.807, 2.05) is 54.6 Å². The molecule has 1 N–H and O–H groups in total. The fraction of sp³-hybridized carbons (Fsp3) is 0.120. The van der Waals surface area contributed by atoms with Crippen LogP contribution in [-0.4, -0.2) is 17.6 Å². The number of nitrogens with zero attached hydrogens (tertiary/aromatic N) is 1. The fourth-order valence-electron chi connectivity index (χ4n) is 3.89. The van der Waals surface area contributed by atoms with Crippen molar-refractivity contribution in [1.29, 1.82) is 0 Å². The molecule has 0 aliphatic heterocycles. The summed E-state index contributed by atoms with van der Waals surface area (Å²) < 4.78 is 12.9. The lowest BCUT2D eigenvalue weighted by atomic mass is 10.1. The first-order valence-corrected chi connectivity index (χ1v) is 9.97. The first-order valence-electron chi connectivity index (χ1n) is 9.97. The summed E-state index contributed by atoms with van der Waals surface area (Å²) in [4.78, 5) is 25.9.